The third-order valence-electron chi connectivity index (χ3n) is 4.01. The lowest BCUT2D eigenvalue weighted by Gasteiger charge is -2.33. The minimum Gasteiger partial charge on any atom is -0.300 e. The second-order valence-electron chi connectivity index (χ2n) is 5.10. The van der Waals surface area contributed by atoms with Gasteiger partial charge in [0.25, 0.3) is 0 Å². The van der Waals surface area contributed by atoms with Crippen LogP contribution in [0.25, 0.3) is 0 Å². The molecule has 2 aliphatic heterocycles. The van der Waals surface area contributed by atoms with E-state index in [2.05, 4.69) is 4.90 Å². The molecule has 17 heavy (non-hydrogen) atoms. The zero-order valence-corrected chi connectivity index (χ0v) is 9.73. The van der Waals surface area contributed by atoms with Crippen LogP contribution < -0.4 is 0 Å². The Labute approximate surface area is 100 Å². The molecule has 2 aliphatic rings. The summed E-state index contributed by atoms with van der Waals surface area (Å²) in [4.78, 5) is 13.8. The number of rotatable bonds is 2. The van der Waals surface area contributed by atoms with Crippen LogP contribution in [0.1, 0.15) is 31.2 Å². The van der Waals surface area contributed by atoms with Crippen molar-refractivity contribution in [1.82, 2.24) is 4.90 Å². The molecule has 3 rings (SSSR count). The molecule has 0 radical (unpaired) electrons. The predicted molar refractivity (Wildman–Crippen MR) is 63.0 cm³/mol. The molecule has 0 saturated carbocycles. The van der Waals surface area contributed by atoms with E-state index >= 15 is 0 Å². The highest BCUT2D eigenvalue weighted by Crippen LogP contribution is 2.35. The molecule has 2 saturated heterocycles. The average molecular weight is 233 g/mol. The van der Waals surface area contributed by atoms with Crippen molar-refractivity contribution < 1.29 is 9.18 Å². The van der Waals surface area contributed by atoms with E-state index in [4.69, 9.17) is 0 Å². The predicted octanol–water partition coefficient (Wildman–Crippen LogP) is 2.52. The van der Waals surface area contributed by atoms with E-state index in [9.17, 15) is 9.18 Å². The first-order valence-corrected chi connectivity index (χ1v) is 6.25. The molecular weight excluding hydrogens is 217 g/mol. The van der Waals surface area contributed by atoms with Gasteiger partial charge in [-0.3, -0.25) is 9.69 Å². The molecule has 2 bridgehead atoms. The van der Waals surface area contributed by atoms with Gasteiger partial charge in [0.2, 0.25) is 0 Å². The number of carbonyl (C=O) groups excluding carboxylic acids is 1. The molecule has 0 aromatic heterocycles. The quantitative estimate of drug-likeness (QED) is 0.782. The lowest BCUT2D eigenvalue weighted by Crippen LogP contribution is -2.42. The SMILES string of the molecule is O=C1CC2CCC(C1)N2Cc1ccccc1F. The Morgan fingerprint density at radius 3 is 2.47 bits per heavy atom. The number of fused-ring (bicyclic) bond motifs is 2. The Bertz CT molecular complexity index is 430. The lowest BCUT2D eigenvalue weighted by atomic mass is 10.0. The van der Waals surface area contributed by atoms with Crippen molar-refractivity contribution in [1.29, 1.82) is 0 Å². The van der Waals surface area contributed by atoms with Crippen LogP contribution in [0.4, 0.5) is 4.39 Å². The second-order valence-corrected chi connectivity index (χ2v) is 5.10. The standard InChI is InChI=1S/C14H16FNO/c15-14-4-2-1-3-10(14)9-16-11-5-6-12(16)8-13(17)7-11/h1-4,11-12H,5-9H2. The van der Waals surface area contributed by atoms with Crippen molar-refractivity contribution in [2.24, 2.45) is 0 Å². The van der Waals surface area contributed by atoms with Crippen LogP contribution in [0, 0.1) is 5.82 Å². The Morgan fingerprint density at radius 1 is 1.18 bits per heavy atom. The molecule has 2 unspecified atom stereocenters. The number of halogens is 1. The van der Waals surface area contributed by atoms with Crippen LogP contribution in [0.5, 0.6) is 0 Å². The smallest absolute Gasteiger partial charge is 0.136 e. The topological polar surface area (TPSA) is 20.3 Å². The van der Waals surface area contributed by atoms with Crippen molar-refractivity contribution in [2.75, 3.05) is 0 Å². The normalized spacial score (nSPS) is 28.6. The summed E-state index contributed by atoms with van der Waals surface area (Å²) in [5.74, 6) is 0.242. The van der Waals surface area contributed by atoms with Gasteiger partial charge in [0, 0.05) is 37.0 Å². The molecule has 2 heterocycles. The Kier molecular flexibility index (Phi) is 2.71. The van der Waals surface area contributed by atoms with E-state index in [-0.39, 0.29) is 5.82 Å². The molecule has 2 fully saturated rings. The maximum atomic E-state index is 13.6. The van der Waals surface area contributed by atoms with Crippen LogP contribution in [0.15, 0.2) is 24.3 Å². The van der Waals surface area contributed by atoms with E-state index in [0.29, 0.717) is 37.3 Å². The summed E-state index contributed by atoms with van der Waals surface area (Å²) >= 11 is 0. The van der Waals surface area contributed by atoms with E-state index in [1.807, 2.05) is 12.1 Å². The van der Waals surface area contributed by atoms with Crippen molar-refractivity contribution in [2.45, 2.75) is 44.3 Å². The zero-order valence-electron chi connectivity index (χ0n) is 9.73. The Morgan fingerprint density at radius 2 is 1.82 bits per heavy atom. The van der Waals surface area contributed by atoms with Gasteiger partial charge >= 0.3 is 0 Å². The van der Waals surface area contributed by atoms with Gasteiger partial charge in [-0.2, -0.15) is 0 Å². The van der Waals surface area contributed by atoms with E-state index < -0.39 is 0 Å². The first kappa shape index (κ1) is 10.9. The molecule has 0 amide bonds. The minimum atomic E-state index is -0.135. The summed E-state index contributed by atoms with van der Waals surface area (Å²) in [5, 5.41) is 0. The third kappa shape index (κ3) is 2.00. The molecule has 0 spiro atoms. The number of benzene rings is 1. The number of hydrogen-bond donors (Lipinski definition) is 0. The molecule has 0 N–H and O–H groups in total. The second kappa shape index (κ2) is 4.22. The molecule has 90 valence electrons. The van der Waals surface area contributed by atoms with Gasteiger partial charge in [0.1, 0.15) is 11.6 Å². The van der Waals surface area contributed by atoms with Crippen LogP contribution >= 0.6 is 0 Å². The Balaban J connectivity index is 1.79. The number of Topliss-reactive ketones (excluding diaryl/α,β-unsaturated/α-hetero) is 1. The zero-order chi connectivity index (χ0) is 11.8. The summed E-state index contributed by atoms with van der Waals surface area (Å²) in [7, 11) is 0. The van der Waals surface area contributed by atoms with Crippen LogP contribution in [0.3, 0.4) is 0 Å². The van der Waals surface area contributed by atoms with Gasteiger partial charge in [-0.15, -0.1) is 0 Å². The fraction of sp³-hybridized carbons (Fsp3) is 0.500. The van der Waals surface area contributed by atoms with Crippen LogP contribution in [0.2, 0.25) is 0 Å². The van der Waals surface area contributed by atoms with Gasteiger partial charge in [-0.25, -0.2) is 4.39 Å². The summed E-state index contributed by atoms with van der Waals surface area (Å²) in [6, 6.07) is 7.63. The third-order valence-corrected chi connectivity index (χ3v) is 4.01. The van der Waals surface area contributed by atoms with Crippen LogP contribution in [-0.4, -0.2) is 22.8 Å². The van der Waals surface area contributed by atoms with Gasteiger partial charge in [-0.1, -0.05) is 18.2 Å². The summed E-state index contributed by atoms with van der Waals surface area (Å²) in [6.07, 6.45) is 3.49. The number of ketones is 1. The largest absolute Gasteiger partial charge is 0.300 e. The van der Waals surface area contributed by atoms with Crippen molar-refractivity contribution in [3.05, 3.63) is 35.6 Å². The highest BCUT2D eigenvalue weighted by atomic mass is 19.1. The maximum absolute atomic E-state index is 13.6. The number of carbonyl (C=O) groups is 1. The monoisotopic (exact) mass is 233 g/mol. The summed E-state index contributed by atoms with van der Waals surface area (Å²) < 4.78 is 13.6. The number of nitrogens with zero attached hydrogens (tertiary/aromatic N) is 1. The van der Waals surface area contributed by atoms with Gasteiger partial charge in [0.15, 0.2) is 0 Å². The summed E-state index contributed by atoms with van der Waals surface area (Å²) in [5.41, 5.74) is 0.749. The highest BCUT2D eigenvalue weighted by Gasteiger charge is 2.39. The maximum Gasteiger partial charge on any atom is 0.136 e. The minimum absolute atomic E-state index is 0.135. The number of piperidine rings is 1. The summed E-state index contributed by atoms with van der Waals surface area (Å²) in [6.45, 7) is 0.648. The molecule has 2 atom stereocenters. The van der Waals surface area contributed by atoms with Crippen molar-refractivity contribution in [3.63, 3.8) is 0 Å². The van der Waals surface area contributed by atoms with E-state index in [0.717, 1.165) is 18.4 Å². The van der Waals surface area contributed by atoms with Gasteiger partial charge < -0.3 is 0 Å². The van der Waals surface area contributed by atoms with E-state index in [1.165, 1.54) is 6.07 Å². The first-order valence-electron chi connectivity index (χ1n) is 6.25. The molecule has 0 aliphatic carbocycles. The molecular formula is C14H16FNO. The van der Waals surface area contributed by atoms with Gasteiger partial charge in [-0.05, 0) is 18.9 Å². The average Bonchev–Trinajstić information content (AvgIpc) is 2.56. The fourth-order valence-electron chi connectivity index (χ4n) is 3.14. The molecule has 3 heteroatoms. The molecule has 1 aromatic rings. The number of hydrogen-bond acceptors (Lipinski definition) is 2. The van der Waals surface area contributed by atoms with Crippen LogP contribution in [-0.2, 0) is 11.3 Å². The van der Waals surface area contributed by atoms with Crippen molar-refractivity contribution in [3.8, 4) is 0 Å². The molecule has 2 nitrogen and oxygen atoms in total. The molecule has 1 aromatic carbocycles. The lowest BCUT2D eigenvalue weighted by molar-refractivity contribution is -0.123. The van der Waals surface area contributed by atoms with Gasteiger partial charge in [0.05, 0.1) is 0 Å². The highest BCUT2D eigenvalue weighted by molar-refractivity contribution is 5.80. The first-order chi connectivity index (χ1) is 8.24. The fourth-order valence-corrected chi connectivity index (χ4v) is 3.14. The van der Waals surface area contributed by atoms with Crippen molar-refractivity contribution >= 4 is 5.78 Å². The van der Waals surface area contributed by atoms with E-state index in [1.54, 1.807) is 6.07 Å². The Hall–Kier alpha value is -1.22.